The summed E-state index contributed by atoms with van der Waals surface area (Å²) in [5, 5.41) is 0. The van der Waals surface area contributed by atoms with E-state index in [9.17, 15) is 0 Å². The molecular weight excluding hydrogens is 132 g/mol. The summed E-state index contributed by atoms with van der Waals surface area (Å²) >= 11 is 0. The third kappa shape index (κ3) is 1.15. The lowest BCUT2D eigenvalue weighted by atomic mass is 9.88. The Bertz CT molecular complexity index is 208. The normalized spacial score (nSPS) is 29.4. The highest BCUT2D eigenvalue weighted by molar-refractivity contribution is 5.37. The van der Waals surface area contributed by atoms with Crippen LogP contribution in [0.2, 0.25) is 0 Å². The van der Waals surface area contributed by atoms with Crippen molar-refractivity contribution in [2.45, 2.75) is 39.0 Å². The SMILES string of the molecule is CC[C@@H]1C=CC2=C1CCCC2. The van der Waals surface area contributed by atoms with Crippen LogP contribution < -0.4 is 0 Å². The first-order valence-corrected chi connectivity index (χ1v) is 4.82. The van der Waals surface area contributed by atoms with Crippen LogP contribution in [0.5, 0.6) is 0 Å². The van der Waals surface area contributed by atoms with E-state index in [1.807, 2.05) is 0 Å². The molecule has 0 aromatic carbocycles. The van der Waals surface area contributed by atoms with E-state index in [1.165, 1.54) is 32.1 Å². The molecule has 0 unspecified atom stereocenters. The first-order chi connectivity index (χ1) is 5.42. The van der Waals surface area contributed by atoms with Gasteiger partial charge in [-0.15, -0.1) is 0 Å². The fraction of sp³-hybridized carbons (Fsp3) is 0.636. The Balaban J connectivity index is 2.21. The summed E-state index contributed by atoms with van der Waals surface area (Å²) in [5.41, 5.74) is 3.43. The third-order valence-corrected chi connectivity index (χ3v) is 2.97. The number of hydrogen-bond donors (Lipinski definition) is 0. The van der Waals surface area contributed by atoms with Crippen LogP contribution in [0.4, 0.5) is 0 Å². The van der Waals surface area contributed by atoms with E-state index in [2.05, 4.69) is 19.1 Å². The zero-order valence-electron chi connectivity index (χ0n) is 7.27. The van der Waals surface area contributed by atoms with Crippen molar-refractivity contribution in [2.24, 2.45) is 5.92 Å². The molecule has 0 spiro atoms. The zero-order chi connectivity index (χ0) is 7.68. The first-order valence-electron chi connectivity index (χ1n) is 4.82. The molecule has 0 aromatic heterocycles. The molecule has 11 heavy (non-hydrogen) atoms. The van der Waals surface area contributed by atoms with Crippen molar-refractivity contribution in [1.82, 2.24) is 0 Å². The Hall–Kier alpha value is -0.520. The van der Waals surface area contributed by atoms with Gasteiger partial charge in [0.05, 0.1) is 0 Å². The molecule has 0 saturated heterocycles. The van der Waals surface area contributed by atoms with E-state index in [-0.39, 0.29) is 0 Å². The van der Waals surface area contributed by atoms with Crippen molar-refractivity contribution >= 4 is 0 Å². The molecule has 0 radical (unpaired) electrons. The smallest absolute Gasteiger partial charge is 0.00169 e. The minimum atomic E-state index is 0.810. The fourth-order valence-electron chi connectivity index (χ4n) is 2.30. The largest absolute Gasteiger partial charge is 0.0771 e. The van der Waals surface area contributed by atoms with Crippen LogP contribution in [0.15, 0.2) is 23.3 Å². The van der Waals surface area contributed by atoms with Gasteiger partial charge < -0.3 is 0 Å². The van der Waals surface area contributed by atoms with Crippen molar-refractivity contribution in [1.29, 1.82) is 0 Å². The topological polar surface area (TPSA) is 0 Å². The highest BCUT2D eigenvalue weighted by atomic mass is 14.3. The van der Waals surface area contributed by atoms with Gasteiger partial charge in [0.15, 0.2) is 0 Å². The summed E-state index contributed by atoms with van der Waals surface area (Å²) in [7, 11) is 0. The van der Waals surface area contributed by atoms with Gasteiger partial charge in [-0.3, -0.25) is 0 Å². The van der Waals surface area contributed by atoms with Crippen LogP contribution in [-0.2, 0) is 0 Å². The molecule has 0 fully saturated rings. The van der Waals surface area contributed by atoms with Crippen LogP contribution in [0.25, 0.3) is 0 Å². The van der Waals surface area contributed by atoms with Gasteiger partial charge >= 0.3 is 0 Å². The van der Waals surface area contributed by atoms with E-state index in [0.29, 0.717) is 0 Å². The van der Waals surface area contributed by atoms with Crippen LogP contribution in [0.1, 0.15) is 39.0 Å². The quantitative estimate of drug-likeness (QED) is 0.534. The molecule has 0 aliphatic heterocycles. The van der Waals surface area contributed by atoms with Gasteiger partial charge in [0.25, 0.3) is 0 Å². The Morgan fingerprint density at radius 2 is 2.18 bits per heavy atom. The maximum Gasteiger partial charge on any atom is -0.00169 e. The predicted octanol–water partition coefficient (Wildman–Crippen LogP) is 3.45. The standard InChI is InChI=1S/C11H16/c1-2-9-7-8-10-5-3-4-6-11(9)10/h7-9H,2-6H2,1H3/t9-/m1/s1. The van der Waals surface area contributed by atoms with E-state index in [0.717, 1.165) is 5.92 Å². The van der Waals surface area contributed by atoms with Crippen LogP contribution in [0, 0.1) is 5.92 Å². The van der Waals surface area contributed by atoms with Crippen LogP contribution in [-0.4, -0.2) is 0 Å². The average molecular weight is 148 g/mol. The second-order valence-corrected chi connectivity index (χ2v) is 3.63. The maximum atomic E-state index is 2.40. The predicted molar refractivity (Wildman–Crippen MR) is 48.4 cm³/mol. The highest BCUT2D eigenvalue weighted by Crippen LogP contribution is 2.37. The monoisotopic (exact) mass is 148 g/mol. The van der Waals surface area contributed by atoms with E-state index in [1.54, 1.807) is 11.1 Å². The van der Waals surface area contributed by atoms with Crippen LogP contribution >= 0.6 is 0 Å². The van der Waals surface area contributed by atoms with Crippen molar-refractivity contribution in [2.75, 3.05) is 0 Å². The van der Waals surface area contributed by atoms with Gasteiger partial charge in [-0.2, -0.15) is 0 Å². The molecule has 0 heterocycles. The van der Waals surface area contributed by atoms with Gasteiger partial charge in [0, 0.05) is 0 Å². The molecule has 0 N–H and O–H groups in total. The molecule has 2 aliphatic carbocycles. The Labute approximate surface area is 69.0 Å². The van der Waals surface area contributed by atoms with Crippen molar-refractivity contribution < 1.29 is 0 Å². The summed E-state index contributed by atoms with van der Waals surface area (Å²) in [6.07, 6.45) is 11.6. The molecule has 0 heteroatoms. The molecule has 0 bridgehead atoms. The first kappa shape index (κ1) is 7.15. The summed E-state index contributed by atoms with van der Waals surface area (Å²) in [5.74, 6) is 0.810. The lowest BCUT2D eigenvalue weighted by Crippen LogP contribution is -2.02. The summed E-state index contributed by atoms with van der Waals surface area (Å²) in [6.45, 7) is 2.29. The molecular formula is C11H16. The Kier molecular flexibility index (Phi) is 1.85. The molecule has 2 aliphatic rings. The minimum absolute atomic E-state index is 0.810. The van der Waals surface area contributed by atoms with E-state index < -0.39 is 0 Å². The van der Waals surface area contributed by atoms with E-state index >= 15 is 0 Å². The van der Waals surface area contributed by atoms with Crippen molar-refractivity contribution in [3.05, 3.63) is 23.3 Å². The van der Waals surface area contributed by atoms with Gasteiger partial charge in [0.2, 0.25) is 0 Å². The lowest BCUT2D eigenvalue weighted by Gasteiger charge is -2.18. The van der Waals surface area contributed by atoms with Gasteiger partial charge in [0.1, 0.15) is 0 Å². The molecule has 0 aromatic rings. The average Bonchev–Trinajstić information content (AvgIpc) is 2.47. The lowest BCUT2D eigenvalue weighted by molar-refractivity contribution is 0.614. The minimum Gasteiger partial charge on any atom is -0.0771 e. The Morgan fingerprint density at radius 3 is 3.00 bits per heavy atom. The van der Waals surface area contributed by atoms with Crippen LogP contribution in [0.3, 0.4) is 0 Å². The molecule has 60 valence electrons. The Morgan fingerprint density at radius 1 is 1.36 bits per heavy atom. The van der Waals surface area contributed by atoms with Gasteiger partial charge in [-0.1, -0.05) is 24.6 Å². The zero-order valence-corrected chi connectivity index (χ0v) is 7.27. The molecule has 0 saturated carbocycles. The number of hydrogen-bond acceptors (Lipinski definition) is 0. The fourth-order valence-corrected chi connectivity index (χ4v) is 2.30. The summed E-state index contributed by atoms with van der Waals surface area (Å²) < 4.78 is 0. The molecule has 0 amide bonds. The molecule has 2 rings (SSSR count). The summed E-state index contributed by atoms with van der Waals surface area (Å²) in [6, 6.07) is 0. The number of allylic oxidation sites excluding steroid dienone is 4. The highest BCUT2D eigenvalue weighted by Gasteiger charge is 2.20. The maximum absolute atomic E-state index is 2.40. The van der Waals surface area contributed by atoms with Gasteiger partial charge in [-0.25, -0.2) is 0 Å². The molecule has 1 atom stereocenters. The second kappa shape index (κ2) is 2.84. The third-order valence-electron chi connectivity index (χ3n) is 2.97. The van der Waals surface area contributed by atoms with E-state index in [4.69, 9.17) is 0 Å². The molecule has 0 nitrogen and oxygen atoms in total. The van der Waals surface area contributed by atoms with Crippen molar-refractivity contribution in [3.63, 3.8) is 0 Å². The van der Waals surface area contributed by atoms with Crippen molar-refractivity contribution in [3.8, 4) is 0 Å². The number of rotatable bonds is 1. The second-order valence-electron chi connectivity index (χ2n) is 3.63. The van der Waals surface area contributed by atoms with Gasteiger partial charge in [-0.05, 0) is 43.6 Å². The summed E-state index contributed by atoms with van der Waals surface area (Å²) in [4.78, 5) is 0.